The van der Waals surface area contributed by atoms with E-state index in [9.17, 15) is 9.59 Å². The Kier molecular flexibility index (Phi) is 5.75. The molecule has 0 unspecified atom stereocenters. The van der Waals surface area contributed by atoms with E-state index in [0.29, 0.717) is 41.3 Å². The van der Waals surface area contributed by atoms with Crippen LogP contribution in [0.25, 0.3) is 11.0 Å². The molecular weight excluding hydrogens is 352 g/mol. The number of imidazole rings is 1. The Morgan fingerprint density at radius 1 is 1.44 bits per heavy atom. The van der Waals surface area contributed by atoms with Crippen molar-refractivity contribution in [2.24, 2.45) is 0 Å². The lowest BCUT2D eigenvalue weighted by molar-refractivity contribution is -0.142. The number of benzene rings is 1. The van der Waals surface area contributed by atoms with Gasteiger partial charge in [0, 0.05) is 13.5 Å². The molecule has 0 N–H and O–H groups in total. The molecule has 1 atom stereocenters. The maximum absolute atomic E-state index is 12.2. The van der Waals surface area contributed by atoms with Gasteiger partial charge in [-0.1, -0.05) is 12.7 Å². The van der Waals surface area contributed by atoms with Crippen molar-refractivity contribution < 1.29 is 28.5 Å². The van der Waals surface area contributed by atoms with Crippen LogP contribution in [-0.4, -0.2) is 47.9 Å². The number of fused-ring (bicyclic) bond motifs is 1. The minimum atomic E-state index is -0.509. The topological polar surface area (TPSA) is 88.9 Å². The zero-order valence-electron chi connectivity index (χ0n) is 15.4. The number of carbonyl (C=O) groups excluding carboxylic acids is 2. The number of carbonyl (C=O) groups is 2. The van der Waals surface area contributed by atoms with Gasteiger partial charge in [-0.3, -0.25) is 4.79 Å². The summed E-state index contributed by atoms with van der Waals surface area (Å²) in [4.78, 5) is 28.0. The first kappa shape index (κ1) is 18.9. The lowest BCUT2D eigenvalue weighted by Crippen LogP contribution is -2.32. The number of nitrogens with zero attached hydrogens (tertiary/aromatic N) is 2. The Morgan fingerprint density at radius 2 is 2.22 bits per heavy atom. The van der Waals surface area contributed by atoms with Gasteiger partial charge in [0.25, 0.3) is 0 Å². The van der Waals surface area contributed by atoms with Gasteiger partial charge < -0.3 is 23.5 Å². The molecule has 0 amide bonds. The third-order valence-electron chi connectivity index (χ3n) is 4.28. The Labute approximate surface area is 156 Å². The third-order valence-corrected chi connectivity index (χ3v) is 4.28. The van der Waals surface area contributed by atoms with E-state index in [1.807, 2.05) is 4.57 Å². The highest BCUT2D eigenvalue weighted by molar-refractivity contribution is 5.99. The molecule has 0 saturated carbocycles. The van der Waals surface area contributed by atoms with Crippen LogP contribution < -0.4 is 4.74 Å². The van der Waals surface area contributed by atoms with Crippen LogP contribution in [0.1, 0.15) is 29.5 Å². The standard InChI is InChI=1S/C19H22N2O6/c1-4-8-26-18-14(19(23)24-3)5-6-15-17(18)21(10-13-7-9-25-13)16(20-15)11-27-12(2)22/h4-6,13H,1,7-11H2,2-3H3/t13-/m0/s1. The highest BCUT2D eigenvalue weighted by Crippen LogP contribution is 2.33. The lowest BCUT2D eigenvalue weighted by Gasteiger charge is -2.27. The van der Waals surface area contributed by atoms with Crippen LogP contribution in [-0.2, 0) is 32.2 Å². The monoisotopic (exact) mass is 374 g/mol. The third kappa shape index (κ3) is 3.95. The summed E-state index contributed by atoms with van der Waals surface area (Å²) in [5.74, 6) is 0.0124. The predicted octanol–water partition coefficient (Wildman–Crippen LogP) is 2.24. The predicted molar refractivity (Wildman–Crippen MR) is 96.6 cm³/mol. The molecule has 1 aliphatic rings. The molecule has 1 aromatic heterocycles. The van der Waals surface area contributed by atoms with Crippen molar-refractivity contribution in [3.63, 3.8) is 0 Å². The number of hydrogen-bond donors (Lipinski definition) is 0. The first-order valence-corrected chi connectivity index (χ1v) is 8.64. The fourth-order valence-electron chi connectivity index (χ4n) is 2.90. The van der Waals surface area contributed by atoms with E-state index < -0.39 is 11.9 Å². The number of hydrogen-bond acceptors (Lipinski definition) is 7. The summed E-state index contributed by atoms with van der Waals surface area (Å²) in [5, 5.41) is 0. The molecule has 0 spiro atoms. The fourth-order valence-corrected chi connectivity index (χ4v) is 2.90. The summed E-state index contributed by atoms with van der Waals surface area (Å²) in [6, 6.07) is 3.33. The van der Waals surface area contributed by atoms with Gasteiger partial charge in [0.1, 0.15) is 30.1 Å². The quantitative estimate of drug-likeness (QED) is 0.517. The van der Waals surface area contributed by atoms with E-state index in [0.717, 1.165) is 6.42 Å². The van der Waals surface area contributed by atoms with E-state index in [1.54, 1.807) is 18.2 Å². The molecule has 1 fully saturated rings. The van der Waals surface area contributed by atoms with E-state index in [2.05, 4.69) is 11.6 Å². The normalized spacial score (nSPS) is 15.9. The Morgan fingerprint density at radius 3 is 2.81 bits per heavy atom. The van der Waals surface area contributed by atoms with Crippen LogP contribution in [0.15, 0.2) is 24.8 Å². The van der Waals surface area contributed by atoms with Gasteiger partial charge in [-0.05, 0) is 18.6 Å². The summed E-state index contributed by atoms with van der Waals surface area (Å²) in [7, 11) is 1.31. The maximum Gasteiger partial charge on any atom is 0.341 e. The minimum absolute atomic E-state index is 0.0190. The number of rotatable bonds is 8. The summed E-state index contributed by atoms with van der Waals surface area (Å²) >= 11 is 0. The molecule has 2 heterocycles. The highest BCUT2D eigenvalue weighted by Gasteiger charge is 2.26. The highest BCUT2D eigenvalue weighted by atomic mass is 16.5. The second-order valence-corrected chi connectivity index (χ2v) is 6.10. The summed E-state index contributed by atoms with van der Waals surface area (Å²) in [5.41, 5.74) is 1.56. The van der Waals surface area contributed by atoms with Gasteiger partial charge in [-0.15, -0.1) is 0 Å². The Bertz CT molecular complexity index is 869. The van der Waals surface area contributed by atoms with Gasteiger partial charge in [0.2, 0.25) is 0 Å². The molecule has 1 saturated heterocycles. The van der Waals surface area contributed by atoms with Crippen LogP contribution in [0, 0.1) is 0 Å². The van der Waals surface area contributed by atoms with E-state index in [4.69, 9.17) is 18.9 Å². The maximum atomic E-state index is 12.2. The molecule has 1 aromatic carbocycles. The van der Waals surface area contributed by atoms with Crippen molar-refractivity contribution in [1.29, 1.82) is 0 Å². The average molecular weight is 374 g/mol. The molecule has 0 bridgehead atoms. The van der Waals surface area contributed by atoms with E-state index in [1.165, 1.54) is 14.0 Å². The Hall–Kier alpha value is -2.87. The van der Waals surface area contributed by atoms with Crippen LogP contribution in [0.2, 0.25) is 0 Å². The largest absolute Gasteiger partial charge is 0.486 e. The number of ether oxygens (including phenoxy) is 4. The second-order valence-electron chi connectivity index (χ2n) is 6.10. The van der Waals surface area contributed by atoms with Gasteiger partial charge in [0.05, 0.1) is 25.3 Å². The van der Waals surface area contributed by atoms with Crippen molar-refractivity contribution in [2.75, 3.05) is 20.3 Å². The second kappa shape index (κ2) is 8.22. The number of aromatic nitrogens is 2. The number of esters is 2. The smallest absolute Gasteiger partial charge is 0.341 e. The SMILES string of the molecule is C=CCOc1c(C(=O)OC)ccc2nc(COC(C)=O)n(C[C@@H]3CCO3)c12. The molecule has 8 heteroatoms. The van der Waals surface area contributed by atoms with Gasteiger partial charge in [0.15, 0.2) is 5.75 Å². The summed E-state index contributed by atoms with van der Waals surface area (Å²) in [6.07, 6.45) is 2.55. The molecule has 144 valence electrons. The lowest BCUT2D eigenvalue weighted by atomic mass is 10.1. The fraction of sp³-hybridized carbons (Fsp3) is 0.421. The van der Waals surface area contributed by atoms with Gasteiger partial charge >= 0.3 is 11.9 Å². The first-order valence-electron chi connectivity index (χ1n) is 8.64. The number of methoxy groups -OCH3 is 1. The van der Waals surface area contributed by atoms with Crippen molar-refractivity contribution in [2.45, 2.75) is 32.6 Å². The van der Waals surface area contributed by atoms with E-state index >= 15 is 0 Å². The zero-order chi connectivity index (χ0) is 19.4. The van der Waals surface area contributed by atoms with Crippen LogP contribution >= 0.6 is 0 Å². The molecule has 0 aliphatic carbocycles. The van der Waals surface area contributed by atoms with Crippen LogP contribution in [0.3, 0.4) is 0 Å². The summed E-state index contributed by atoms with van der Waals surface area (Å²) < 4.78 is 23.3. The first-order chi connectivity index (χ1) is 13.0. The van der Waals surface area contributed by atoms with Crippen molar-refractivity contribution in [3.8, 4) is 5.75 Å². The molecule has 1 aliphatic heterocycles. The molecule has 0 radical (unpaired) electrons. The van der Waals surface area contributed by atoms with Crippen LogP contribution in [0.4, 0.5) is 0 Å². The summed E-state index contributed by atoms with van der Waals surface area (Å²) in [6.45, 7) is 6.46. The van der Waals surface area contributed by atoms with Crippen molar-refractivity contribution >= 4 is 23.0 Å². The van der Waals surface area contributed by atoms with Gasteiger partial charge in [-0.25, -0.2) is 9.78 Å². The van der Waals surface area contributed by atoms with Crippen molar-refractivity contribution in [3.05, 3.63) is 36.2 Å². The van der Waals surface area contributed by atoms with Crippen LogP contribution in [0.5, 0.6) is 5.75 Å². The molecule has 2 aromatic rings. The zero-order valence-corrected chi connectivity index (χ0v) is 15.4. The Balaban J connectivity index is 2.14. The average Bonchev–Trinajstić information content (AvgIpc) is 2.97. The molecule has 27 heavy (non-hydrogen) atoms. The molecular formula is C19H22N2O6. The minimum Gasteiger partial charge on any atom is -0.486 e. The molecule has 3 rings (SSSR count). The van der Waals surface area contributed by atoms with Crippen molar-refractivity contribution in [1.82, 2.24) is 9.55 Å². The van der Waals surface area contributed by atoms with Gasteiger partial charge in [-0.2, -0.15) is 0 Å². The molecule has 8 nitrogen and oxygen atoms in total. The van der Waals surface area contributed by atoms with E-state index in [-0.39, 0.29) is 19.3 Å².